The molecule has 18 heavy (non-hydrogen) atoms. The summed E-state index contributed by atoms with van der Waals surface area (Å²) < 4.78 is 1.93. The Kier molecular flexibility index (Phi) is 4.35. The van der Waals surface area contributed by atoms with Crippen molar-refractivity contribution < 1.29 is 0 Å². The lowest BCUT2D eigenvalue weighted by Crippen LogP contribution is -2.02. The number of aromatic nitrogens is 2. The molecule has 1 heterocycles. The maximum atomic E-state index is 4.60. The molecule has 0 aliphatic carbocycles. The first kappa shape index (κ1) is 13.5. The molecule has 94 valence electrons. The first-order chi connectivity index (χ1) is 8.67. The predicted octanol–water partition coefficient (Wildman–Crippen LogP) is 4.27. The monoisotopic (exact) mass is 369 g/mol. The van der Waals surface area contributed by atoms with Crippen LogP contribution in [0, 0.1) is 0 Å². The number of benzene rings is 1. The number of hydrogen-bond acceptors (Lipinski definition) is 3. The Hall–Kier alpha value is -0.940. The van der Waals surface area contributed by atoms with Crippen LogP contribution in [0.25, 0.3) is 11.4 Å². The normalized spacial score (nSPS) is 10.4. The molecule has 0 bridgehead atoms. The van der Waals surface area contributed by atoms with Crippen LogP contribution in [-0.2, 0) is 6.42 Å². The Morgan fingerprint density at radius 1 is 1.17 bits per heavy atom. The van der Waals surface area contributed by atoms with Gasteiger partial charge in [0.15, 0.2) is 5.82 Å². The number of nitrogens with zero attached hydrogens (tertiary/aromatic N) is 2. The van der Waals surface area contributed by atoms with E-state index in [-0.39, 0.29) is 0 Å². The predicted molar refractivity (Wildman–Crippen MR) is 81.8 cm³/mol. The van der Waals surface area contributed by atoms with Crippen molar-refractivity contribution in [2.24, 2.45) is 0 Å². The number of rotatable bonds is 3. The van der Waals surface area contributed by atoms with Crippen molar-refractivity contribution in [1.82, 2.24) is 9.97 Å². The summed E-state index contributed by atoms with van der Waals surface area (Å²) in [5.41, 5.74) is 2.00. The third-order valence-electron chi connectivity index (χ3n) is 2.61. The fourth-order valence-electron chi connectivity index (χ4n) is 1.66. The number of anilines is 1. The van der Waals surface area contributed by atoms with E-state index in [1.165, 1.54) is 0 Å². The lowest BCUT2D eigenvalue weighted by molar-refractivity contribution is 0.991. The molecule has 0 saturated carbocycles. The maximum absolute atomic E-state index is 4.60. The molecule has 1 aromatic heterocycles. The first-order valence-corrected chi connectivity index (χ1v) is 7.25. The van der Waals surface area contributed by atoms with Gasteiger partial charge in [0, 0.05) is 17.1 Å². The minimum atomic E-state index is 0.729. The highest BCUT2D eigenvalue weighted by molar-refractivity contribution is 9.11. The zero-order chi connectivity index (χ0) is 13.1. The standard InChI is InChI=1S/C13H13Br2N3/c1-3-10-11(15)13(16-2)18-12(17-10)8-6-4-5-7-9(8)14/h4-7H,3H2,1-2H3,(H,16,17,18). The summed E-state index contributed by atoms with van der Waals surface area (Å²) >= 11 is 7.06. The highest BCUT2D eigenvalue weighted by Gasteiger charge is 2.12. The molecule has 1 aromatic carbocycles. The largest absolute Gasteiger partial charge is 0.372 e. The first-order valence-electron chi connectivity index (χ1n) is 5.66. The van der Waals surface area contributed by atoms with Crippen LogP contribution in [0.4, 0.5) is 5.82 Å². The van der Waals surface area contributed by atoms with E-state index in [2.05, 4.69) is 54.1 Å². The van der Waals surface area contributed by atoms with Crippen molar-refractivity contribution in [3.8, 4) is 11.4 Å². The van der Waals surface area contributed by atoms with Gasteiger partial charge in [-0.15, -0.1) is 0 Å². The van der Waals surface area contributed by atoms with E-state index in [1.54, 1.807) is 0 Å². The fourth-order valence-corrected chi connectivity index (χ4v) is 2.77. The average molecular weight is 371 g/mol. The van der Waals surface area contributed by atoms with Crippen LogP contribution >= 0.6 is 31.9 Å². The summed E-state index contributed by atoms with van der Waals surface area (Å²) in [5.74, 6) is 1.54. The van der Waals surface area contributed by atoms with Gasteiger partial charge >= 0.3 is 0 Å². The molecule has 0 atom stereocenters. The van der Waals surface area contributed by atoms with E-state index in [0.717, 1.165) is 38.3 Å². The molecule has 0 amide bonds. The van der Waals surface area contributed by atoms with Gasteiger partial charge in [0.05, 0.1) is 10.2 Å². The van der Waals surface area contributed by atoms with Crippen molar-refractivity contribution in [1.29, 1.82) is 0 Å². The van der Waals surface area contributed by atoms with Crippen LogP contribution in [0.5, 0.6) is 0 Å². The molecule has 0 radical (unpaired) electrons. The Morgan fingerprint density at radius 2 is 1.89 bits per heavy atom. The molecule has 1 N–H and O–H groups in total. The van der Waals surface area contributed by atoms with E-state index < -0.39 is 0 Å². The van der Waals surface area contributed by atoms with Gasteiger partial charge < -0.3 is 5.32 Å². The summed E-state index contributed by atoms with van der Waals surface area (Å²) in [6, 6.07) is 7.96. The van der Waals surface area contributed by atoms with Crippen molar-refractivity contribution >= 4 is 37.7 Å². The molecule has 3 nitrogen and oxygen atoms in total. The molecule has 0 saturated heterocycles. The van der Waals surface area contributed by atoms with E-state index in [0.29, 0.717) is 0 Å². The number of halogens is 2. The number of nitrogens with one attached hydrogen (secondary N) is 1. The minimum Gasteiger partial charge on any atom is -0.372 e. The summed E-state index contributed by atoms with van der Waals surface area (Å²) in [4.78, 5) is 9.13. The van der Waals surface area contributed by atoms with Crippen LogP contribution in [0.2, 0.25) is 0 Å². The third-order valence-corrected chi connectivity index (χ3v) is 4.13. The summed E-state index contributed by atoms with van der Waals surface area (Å²) in [6.45, 7) is 2.08. The third kappa shape index (κ3) is 2.57. The molecule has 5 heteroatoms. The fraction of sp³-hybridized carbons (Fsp3) is 0.231. The van der Waals surface area contributed by atoms with Gasteiger partial charge in [0.1, 0.15) is 5.82 Å². The Labute approximate surface area is 123 Å². The van der Waals surface area contributed by atoms with Gasteiger partial charge in [0.2, 0.25) is 0 Å². The summed E-state index contributed by atoms with van der Waals surface area (Å²) in [6.07, 6.45) is 0.856. The van der Waals surface area contributed by atoms with Crippen LogP contribution in [0.1, 0.15) is 12.6 Å². The number of hydrogen-bond donors (Lipinski definition) is 1. The summed E-state index contributed by atoms with van der Waals surface area (Å²) in [7, 11) is 1.86. The highest BCUT2D eigenvalue weighted by atomic mass is 79.9. The quantitative estimate of drug-likeness (QED) is 0.876. The molecular formula is C13H13Br2N3. The smallest absolute Gasteiger partial charge is 0.162 e. The van der Waals surface area contributed by atoms with E-state index >= 15 is 0 Å². The second-order valence-electron chi connectivity index (χ2n) is 3.74. The summed E-state index contributed by atoms with van der Waals surface area (Å²) in [5, 5.41) is 3.09. The Bertz CT molecular complexity index is 545. The molecule has 0 spiro atoms. The van der Waals surface area contributed by atoms with E-state index in [1.807, 2.05) is 31.3 Å². The Morgan fingerprint density at radius 3 is 2.50 bits per heavy atom. The highest BCUT2D eigenvalue weighted by Crippen LogP contribution is 2.30. The Balaban J connectivity index is 2.62. The van der Waals surface area contributed by atoms with Gasteiger partial charge in [-0.1, -0.05) is 41.1 Å². The van der Waals surface area contributed by atoms with Crippen LogP contribution in [0.3, 0.4) is 0 Å². The second kappa shape index (κ2) is 5.80. The number of aryl methyl sites for hydroxylation is 1. The van der Waals surface area contributed by atoms with Gasteiger partial charge in [-0.3, -0.25) is 0 Å². The zero-order valence-electron chi connectivity index (χ0n) is 10.2. The molecule has 0 aliphatic rings. The second-order valence-corrected chi connectivity index (χ2v) is 5.39. The maximum Gasteiger partial charge on any atom is 0.162 e. The van der Waals surface area contributed by atoms with Crippen LogP contribution in [-0.4, -0.2) is 17.0 Å². The SMILES string of the molecule is CCc1nc(-c2ccccc2Br)nc(NC)c1Br. The lowest BCUT2D eigenvalue weighted by Gasteiger charge is -2.10. The van der Waals surface area contributed by atoms with Crippen molar-refractivity contribution in [2.75, 3.05) is 12.4 Å². The molecular weight excluding hydrogens is 358 g/mol. The van der Waals surface area contributed by atoms with Crippen LogP contribution < -0.4 is 5.32 Å². The average Bonchev–Trinajstić information content (AvgIpc) is 2.40. The topological polar surface area (TPSA) is 37.8 Å². The molecule has 2 aromatic rings. The minimum absolute atomic E-state index is 0.729. The van der Waals surface area contributed by atoms with Gasteiger partial charge in [-0.05, 0) is 28.4 Å². The lowest BCUT2D eigenvalue weighted by atomic mass is 10.2. The van der Waals surface area contributed by atoms with E-state index in [4.69, 9.17) is 0 Å². The van der Waals surface area contributed by atoms with Gasteiger partial charge in [0.25, 0.3) is 0 Å². The van der Waals surface area contributed by atoms with Crippen LogP contribution in [0.15, 0.2) is 33.2 Å². The van der Waals surface area contributed by atoms with Crippen molar-refractivity contribution in [3.05, 3.63) is 38.9 Å². The zero-order valence-corrected chi connectivity index (χ0v) is 13.3. The van der Waals surface area contributed by atoms with Crippen molar-refractivity contribution in [2.45, 2.75) is 13.3 Å². The molecule has 0 fully saturated rings. The molecule has 0 aliphatic heterocycles. The van der Waals surface area contributed by atoms with Crippen molar-refractivity contribution in [3.63, 3.8) is 0 Å². The molecule has 2 rings (SSSR count). The van der Waals surface area contributed by atoms with Gasteiger partial charge in [-0.2, -0.15) is 0 Å². The molecule has 0 unspecified atom stereocenters. The van der Waals surface area contributed by atoms with Gasteiger partial charge in [-0.25, -0.2) is 9.97 Å². The van der Waals surface area contributed by atoms with E-state index in [9.17, 15) is 0 Å².